The van der Waals surface area contributed by atoms with Crippen LogP contribution in [0.5, 0.6) is 11.5 Å². The van der Waals surface area contributed by atoms with Crippen LogP contribution in [0.4, 0.5) is 4.79 Å². The Hall–Kier alpha value is -3.23. The second-order valence-corrected chi connectivity index (χ2v) is 5.84. The van der Waals surface area contributed by atoms with E-state index in [2.05, 4.69) is 5.32 Å². The average Bonchev–Trinajstić information content (AvgIpc) is 3.20. The Kier molecular flexibility index (Phi) is 7.67. The molecule has 28 heavy (non-hydrogen) atoms. The van der Waals surface area contributed by atoms with Gasteiger partial charge in [0.25, 0.3) is 5.91 Å². The smallest absolute Gasteiger partial charge is 0.336 e. The Morgan fingerprint density at radius 1 is 1.14 bits per heavy atom. The standard InChI is InChI=1S/C19H25N3O6/c1-4-28-18(24)13-20-19(25)22-11-5-10-21(22)17(23)9-6-14-12-15(26-2)7-8-16(14)27-3/h6-9,12H,4-5,10-11,13H2,1-3H3,(H,20,25). The van der Waals surface area contributed by atoms with Crippen molar-refractivity contribution in [1.29, 1.82) is 0 Å². The minimum absolute atomic E-state index is 0.238. The van der Waals surface area contributed by atoms with Gasteiger partial charge in [-0.15, -0.1) is 0 Å². The normalized spacial score (nSPS) is 13.5. The highest BCUT2D eigenvalue weighted by atomic mass is 16.5. The molecule has 1 N–H and O–H groups in total. The number of hydrogen-bond donors (Lipinski definition) is 1. The van der Waals surface area contributed by atoms with E-state index >= 15 is 0 Å². The summed E-state index contributed by atoms with van der Waals surface area (Å²) in [6, 6.07) is 4.73. The molecule has 2 rings (SSSR count). The number of amides is 3. The molecule has 152 valence electrons. The minimum Gasteiger partial charge on any atom is -0.497 e. The Morgan fingerprint density at radius 2 is 1.89 bits per heavy atom. The molecule has 0 bridgehead atoms. The number of nitrogens with zero attached hydrogens (tertiary/aromatic N) is 2. The molecule has 1 aromatic rings. The van der Waals surface area contributed by atoms with Gasteiger partial charge < -0.3 is 19.5 Å². The van der Waals surface area contributed by atoms with Gasteiger partial charge in [0.1, 0.15) is 18.0 Å². The zero-order chi connectivity index (χ0) is 20.5. The molecule has 0 aliphatic carbocycles. The van der Waals surface area contributed by atoms with Crippen molar-refractivity contribution < 1.29 is 28.6 Å². The van der Waals surface area contributed by atoms with Gasteiger partial charge in [-0.2, -0.15) is 0 Å². The largest absolute Gasteiger partial charge is 0.497 e. The van der Waals surface area contributed by atoms with Crippen molar-refractivity contribution >= 4 is 24.0 Å². The fourth-order valence-corrected chi connectivity index (χ4v) is 2.72. The Labute approximate surface area is 163 Å². The van der Waals surface area contributed by atoms with E-state index in [1.54, 1.807) is 38.3 Å². The number of esters is 1. The Morgan fingerprint density at radius 3 is 2.57 bits per heavy atom. The first-order chi connectivity index (χ1) is 13.5. The topological polar surface area (TPSA) is 97.4 Å². The van der Waals surface area contributed by atoms with Crippen LogP contribution in [-0.4, -0.2) is 68.4 Å². The maximum Gasteiger partial charge on any atom is 0.336 e. The summed E-state index contributed by atoms with van der Waals surface area (Å²) >= 11 is 0. The van der Waals surface area contributed by atoms with Crippen LogP contribution in [0.15, 0.2) is 24.3 Å². The zero-order valence-corrected chi connectivity index (χ0v) is 16.3. The first-order valence-corrected chi connectivity index (χ1v) is 8.92. The van der Waals surface area contributed by atoms with Crippen LogP contribution in [0.3, 0.4) is 0 Å². The van der Waals surface area contributed by atoms with Crippen LogP contribution >= 0.6 is 0 Å². The summed E-state index contributed by atoms with van der Waals surface area (Å²) in [6.07, 6.45) is 3.62. The number of ether oxygens (including phenoxy) is 3. The Bertz CT molecular complexity index is 749. The van der Waals surface area contributed by atoms with Crippen LogP contribution in [0.25, 0.3) is 6.08 Å². The summed E-state index contributed by atoms with van der Waals surface area (Å²) in [4.78, 5) is 36.2. The molecule has 0 atom stereocenters. The molecule has 0 aromatic heterocycles. The van der Waals surface area contributed by atoms with E-state index in [0.29, 0.717) is 36.6 Å². The molecule has 1 fully saturated rings. The van der Waals surface area contributed by atoms with Crippen LogP contribution < -0.4 is 14.8 Å². The maximum absolute atomic E-state index is 12.6. The van der Waals surface area contributed by atoms with Crippen LogP contribution in [0.2, 0.25) is 0 Å². The lowest BCUT2D eigenvalue weighted by Crippen LogP contribution is -2.49. The maximum atomic E-state index is 12.6. The van der Waals surface area contributed by atoms with E-state index in [4.69, 9.17) is 14.2 Å². The van der Waals surface area contributed by atoms with Crippen LogP contribution in [0, 0.1) is 0 Å². The fraction of sp³-hybridized carbons (Fsp3) is 0.421. The zero-order valence-electron chi connectivity index (χ0n) is 16.3. The number of benzene rings is 1. The molecule has 9 nitrogen and oxygen atoms in total. The lowest BCUT2D eigenvalue weighted by Gasteiger charge is -2.26. The van der Waals surface area contributed by atoms with E-state index in [-0.39, 0.29) is 19.1 Å². The molecular weight excluding hydrogens is 366 g/mol. The van der Waals surface area contributed by atoms with Gasteiger partial charge in [-0.1, -0.05) is 0 Å². The SMILES string of the molecule is CCOC(=O)CNC(=O)N1CCCN1C(=O)C=Cc1cc(OC)ccc1OC. The lowest BCUT2D eigenvalue weighted by atomic mass is 10.1. The second kappa shape index (κ2) is 10.2. The highest BCUT2D eigenvalue weighted by Gasteiger charge is 2.29. The minimum atomic E-state index is -0.530. The summed E-state index contributed by atoms with van der Waals surface area (Å²) in [5.41, 5.74) is 0.674. The van der Waals surface area contributed by atoms with E-state index < -0.39 is 12.0 Å². The summed E-state index contributed by atoms with van der Waals surface area (Å²) in [5, 5.41) is 5.08. The molecule has 1 aliphatic rings. The monoisotopic (exact) mass is 391 g/mol. The van der Waals surface area contributed by atoms with Crippen molar-refractivity contribution in [3.05, 3.63) is 29.8 Å². The molecular formula is C19H25N3O6. The summed E-state index contributed by atoms with van der Waals surface area (Å²) in [7, 11) is 3.09. The molecule has 1 heterocycles. The highest BCUT2D eigenvalue weighted by Crippen LogP contribution is 2.25. The van der Waals surface area contributed by atoms with Crippen molar-refractivity contribution in [3.8, 4) is 11.5 Å². The molecule has 9 heteroatoms. The third-order valence-corrected chi connectivity index (χ3v) is 4.05. The van der Waals surface area contributed by atoms with Gasteiger partial charge in [-0.3, -0.25) is 9.59 Å². The number of urea groups is 1. The van der Waals surface area contributed by atoms with E-state index in [1.807, 2.05) is 0 Å². The fourth-order valence-electron chi connectivity index (χ4n) is 2.72. The predicted molar refractivity (Wildman–Crippen MR) is 102 cm³/mol. The number of hydrazine groups is 1. The first kappa shape index (κ1) is 21.1. The van der Waals surface area contributed by atoms with Crippen molar-refractivity contribution in [2.45, 2.75) is 13.3 Å². The quantitative estimate of drug-likeness (QED) is 0.558. The van der Waals surface area contributed by atoms with Crippen molar-refractivity contribution in [3.63, 3.8) is 0 Å². The number of nitrogens with one attached hydrogen (secondary N) is 1. The van der Waals surface area contributed by atoms with Gasteiger partial charge >= 0.3 is 12.0 Å². The van der Waals surface area contributed by atoms with Crippen molar-refractivity contribution in [2.24, 2.45) is 0 Å². The Balaban J connectivity index is 2.03. The van der Waals surface area contributed by atoms with Gasteiger partial charge in [-0.25, -0.2) is 14.8 Å². The van der Waals surface area contributed by atoms with Gasteiger partial charge in [-0.05, 0) is 37.6 Å². The van der Waals surface area contributed by atoms with Gasteiger partial charge in [0.15, 0.2) is 0 Å². The van der Waals surface area contributed by atoms with Gasteiger partial charge in [0.2, 0.25) is 0 Å². The summed E-state index contributed by atoms with van der Waals surface area (Å²) < 4.78 is 15.2. The van der Waals surface area contributed by atoms with Crippen LogP contribution in [-0.2, 0) is 14.3 Å². The van der Waals surface area contributed by atoms with Crippen molar-refractivity contribution in [2.75, 3.05) is 40.5 Å². The van der Waals surface area contributed by atoms with E-state index in [0.717, 1.165) is 0 Å². The predicted octanol–water partition coefficient (Wildman–Crippen LogP) is 1.44. The molecule has 0 saturated carbocycles. The average molecular weight is 391 g/mol. The number of rotatable bonds is 7. The number of carbonyl (C=O) groups is 3. The molecule has 0 unspecified atom stereocenters. The second-order valence-electron chi connectivity index (χ2n) is 5.84. The molecule has 0 radical (unpaired) electrons. The van der Waals surface area contributed by atoms with E-state index in [9.17, 15) is 14.4 Å². The lowest BCUT2D eigenvalue weighted by molar-refractivity contribution is -0.141. The number of carbonyl (C=O) groups excluding carboxylic acids is 3. The molecule has 1 saturated heterocycles. The van der Waals surface area contributed by atoms with Gasteiger partial charge in [0, 0.05) is 24.7 Å². The third kappa shape index (κ3) is 5.38. The highest BCUT2D eigenvalue weighted by molar-refractivity contribution is 5.94. The van der Waals surface area contributed by atoms with E-state index in [1.165, 1.54) is 23.2 Å². The first-order valence-electron chi connectivity index (χ1n) is 8.92. The number of hydrogen-bond acceptors (Lipinski definition) is 6. The number of methoxy groups -OCH3 is 2. The molecule has 1 aliphatic heterocycles. The van der Waals surface area contributed by atoms with Crippen LogP contribution in [0.1, 0.15) is 18.9 Å². The van der Waals surface area contributed by atoms with Crippen molar-refractivity contribution in [1.82, 2.24) is 15.3 Å². The molecule has 1 aromatic carbocycles. The summed E-state index contributed by atoms with van der Waals surface area (Å²) in [6.45, 7) is 2.47. The third-order valence-electron chi connectivity index (χ3n) is 4.05. The van der Waals surface area contributed by atoms with Gasteiger partial charge in [0.05, 0.1) is 20.8 Å². The molecule has 0 spiro atoms. The summed E-state index contributed by atoms with van der Waals surface area (Å²) in [5.74, 6) is 0.343. The molecule has 3 amide bonds.